The van der Waals surface area contributed by atoms with Crippen LogP contribution < -0.4 is 10.6 Å². The molecule has 2 N–H and O–H groups in total. The highest BCUT2D eigenvalue weighted by Gasteiger charge is 2.27. The van der Waals surface area contributed by atoms with Gasteiger partial charge in [-0.15, -0.1) is 0 Å². The summed E-state index contributed by atoms with van der Waals surface area (Å²) in [7, 11) is 0. The Labute approximate surface area is 151 Å². The summed E-state index contributed by atoms with van der Waals surface area (Å²) in [6.45, 7) is 1.64. The summed E-state index contributed by atoms with van der Waals surface area (Å²) in [5, 5.41) is 15.0. The summed E-state index contributed by atoms with van der Waals surface area (Å²) in [6.07, 6.45) is 5.56. The Morgan fingerprint density at radius 3 is 2.76 bits per heavy atom. The number of nitrogens with zero attached hydrogens (tertiary/aromatic N) is 3. The van der Waals surface area contributed by atoms with Crippen molar-refractivity contribution in [2.75, 3.05) is 18.4 Å². The highest BCUT2D eigenvalue weighted by Crippen LogP contribution is 2.25. The molecule has 0 aromatic carbocycles. The Kier molecular flexibility index (Phi) is 5.59. The van der Waals surface area contributed by atoms with Gasteiger partial charge in [0.1, 0.15) is 11.2 Å². The number of hydrogen-bond acceptors (Lipinski definition) is 4. The molecule has 1 saturated carbocycles. The quantitative estimate of drug-likeness (QED) is 0.805. The van der Waals surface area contributed by atoms with E-state index >= 15 is 0 Å². The standard InChI is InChI=1S/C17H21ClFN5O/c18-15-11(10-20)8-14(19)16(23-15)21-12-4-3-5-13(9-12)22-17(25)24-6-1-2-7-24/h8,12-13H,1-7,9H2,(H,21,23)(H,22,25)/t12-,13-/m1/s1. The Balaban J connectivity index is 1.59. The molecule has 1 aromatic rings. The van der Waals surface area contributed by atoms with E-state index in [0.29, 0.717) is 6.42 Å². The first-order valence-electron chi connectivity index (χ1n) is 8.65. The number of carbonyl (C=O) groups excluding carboxylic acids is 1. The average molecular weight is 366 g/mol. The lowest BCUT2D eigenvalue weighted by Gasteiger charge is -2.32. The van der Waals surface area contributed by atoms with Crippen LogP contribution in [0.5, 0.6) is 0 Å². The van der Waals surface area contributed by atoms with Crippen LogP contribution >= 0.6 is 11.6 Å². The first-order chi connectivity index (χ1) is 12.1. The van der Waals surface area contributed by atoms with Crippen LogP contribution in [0.1, 0.15) is 44.1 Å². The second kappa shape index (κ2) is 7.87. The van der Waals surface area contributed by atoms with E-state index in [4.69, 9.17) is 16.9 Å². The van der Waals surface area contributed by atoms with Gasteiger partial charge < -0.3 is 15.5 Å². The predicted molar refractivity (Wildman–Crippen MR) is 92.9 cm³/mol. The van der Waals surface area contributed by atoms with Crippen molar-refractivity contribution in [2.45, 2.75) is 50.6 Å². The maximum Gasteiger partial charge on any atom is 0.317 e. The number of pyridine rings is 1. The molecule has 0 radical (unpaired) electrons. The third-order valence-electron chi connectivity index (χ3n) is 4.79. The summed E-state index contributed by atoms with van der Waals surface area (Å²) < 4.78 is 14.1. The molecule has 1 aliphatic carbocycles. The summed E-state index contributed by atoms with van der Waals surface area (Å²) in [4.78, 5) is 18.0. The van der Waals surface area contributed by atoms with Crippen LogP contribution in [-0.4, -0.2) is 41.1 Å². The van der Waals surface area contributed by atoms with Crippen molar-refractivity contribution >= 4 is 23.4 Å². The second-order valence-corrected chi connectivity index (χ2v) is 6.98. The number of nitriles is 1. The zero-order valence-corrected chi connectivity index (χ0v) is 14.7. The Bertz CT molecular complexity index is 686. The largest absolute Gasteiger partial charge is 0.365 e. The number of aromatic nitrogens is 1. The molecule has 0 bridgehead atoms. The predicted octanol–water partition coefficient (Wildman–Crippen LogP) is 3.27. The van der Waals surface area contributed by atoms with Gasteiger partial charge in [0.25, 0.3) is 0 Å². The van der Waals surface area contributed by atoms with Gasteiger partial charge in [0, 0.05) is 25.2 Å². The van der Waals surface area contributed by atoms with Gasteiger partial charge in [0.15, 0.2) is 11.6 Å². The molecule has 6 nitrogen and oxygen atoms in total. The number of urea groups is 1. The van der Waals surface area contributed by atoms with E-state index in [1.54, 1.807) is 0 Å². The molecule has 25 heavy (non-hydrogen) atoms. The van der Waals surface area contributed by atoms with Crippen molar-refractivity contribution in [3.8, 4) is 6.07 Å². The van der Waals surface area contributed by atoms with Crippen LogP contribution in [-0.2, 0) is 0 Å². The van der Waals surface area contributed by atoms with E-state index in [9.17, 15) is 9.18 Å². The molecule has 2 fully saturated rings. The van der Waals surface area contributed by atoms with Gasteiger partial charge in [-0.2, -0.15) is 5.26 Å². The molecule has 1 aromatic heterocycles. The van der Waals surface area contributed by atoms with Gasteiger partial charge in [0.05, 0.1) is 5.56 Å². The lowest BCUT2D eigenvalue weighted by molar-refractivity contribution is 0.199. The van der Waals surface area contributed by atoms with Gasteiger partial charge in [-0.1, -0.05) is 11.6 Å². The molecule has 1 saturated heterocycles. The molecule has 2 heterocycles. The number of hydrogen-bond donors (Lipinski definition) is 2. The van der Waals surface area contributed by atoms with Crippen LogP contribution in [0.2, 0.25) is 5.15 Å². The maximum absolute atomic E-state index is 14.1. The van der Waals surface area contributed by atoms with Crippen molar-refractivity contribution < 1.29 is 9.18 Å². The van der Waals surface area contributed by atoms with E-state index in [0.717, 1.165) is 51.3 Å². The zero-order chi connectivity index (χ0) is 17.8. The highest BCUT2D eigenvalue weighted by molar-refractivity contribution is 6.30. The molecule has 0 unspecified atom stereocenters. The number of halogens is 2. The fourth-order valence-electron chi connectivity index (χ4n) is 3.48. The average Bonchev–Trinajstić information content (AvgIpc) is 3.13. The fraction of sp³-hybridized carbons (Fsp3) is 0.588. The molecule has 3 rings (SSSR count). The minimum Gasteiger partial charge on any atom is -0.365 e. The number of nitrogens with one attached hydrogen (secondary N) is 2. The normalized spacial score (nSPS) is 23.2. The molecule has 2 aliphatic rings. The van der Waals surface area contributed by atoms with Gasteiger partial charge in [0.2, 0.25) is 0 Å². The van der Waals surface area contributed by atoms with Crippen molar-refractivity contribution in [1.29, 1.82) is 5.26 Å². The van der Waals surface area contributed by atoms with Crippen LogP contribution in [0.3, 0.4) is 0 Å². The lowest BCUT2D eigenvalue weighted by atomic mass is 9.91. The lowest BCUT2D eigenvalue weighted by Crippen LogP contribution is -2.47. The van der Waals surface area contributed by atoms with Gasteiger partial charge in [-0.25, -0.2) is 14.2 Å². The monoisotopic (exact) mass is 365 g/mol. The van der Waals surface area contributed by atoms with Crippen LogP contribution in [0, 0.1) is 17.1 Å². The molecule has 8 heteroatoms. The van der Waals surface area contributed by atoms with Crippen LogP contribution in [0.4, 0.5) is 15.0 Å². The zero-order valence-electron chi connectivity index (χ0n) is 13.9. The first-order valence-corrected chi connectivity index (χ1v) is 9.02. The molecule has 2 atom stereocenters. The van der Waals surface area contributed by atoms with Gasteiger partial charge in [-0.05, 0) is 44.6 Å². The van der Waals surface area contributed by atoms with E-state index in [-0.39, 0.29) is 34.6 Å². The number of likely N-dealkylation sites (tertiary alicyclic amines) is 1. The minimum absolute atomic E-state index is 0.00336. The maximum atomic E-state index is 14.1. The minimum atomic E-state index is -0.593. The SMILES string of the molecule is N#Cc1cc(F)c(N[C@@H]2CCC[C@@H](NC(=O)N3CCCC3)C2)nc1Cl. The smallest absolute Gasteiger partial charge is 0.317 e. The van der Waals surface area contributed by atoms with Crippen LogP contribution in [0.15, 0.2) is 6.07 Å². The van der Waals surface area contributed by atoms with Crippen molar-refractivity contribution in [2.24, 2.45) is 0 Å². The van der Waals surface area contributed by atoms with Crippen molar-refractivity contribution in [3.05, 3.63) is 22.6 Å². The number of rotatable bonds is 3. The highest BCUT2D eigenvalue weighted by atomic mass is 35.5. The molecule has 1 aliphatic heterocycles. The number of carbonyl (C=O) groups is 1. The van der Waals surface area contributed by atoms with Crippen molar-refractivity contribution in [3.63, 3.8) is 0 Å². The van der Waals surface area contributed by atoms with Crippen molar-refractivity contribution in [1.82, 2.24) is 15.2 Å². The molecular weight excluding hydrogens is 345 g/mol. The van der Waals surface area contributed by atoms with Gasteiger partial charge in [-0.3, -0.25) is 0 Å². The van der Waals surface area contributed by atoms with Gasteiger partial charge >= 0.3 is 6.03 Å². The van der Waals surface area contributed by atoms with E-state index in [1.807, 2.05) is 11.0 Å². The number of amides is 2. The van der Waals surface area contributed by atoms with E-state index in [1.165, 1.54) is 0 Å². The first kappa shape index (κ1) is 17.7. The third kappa shape index (κ3) is 4.31. The van der Waals surface area contributed by atoms with E-state index < -0.39 is 5.82 Å². The Morgan fingerprint density at radius 2 is 2.04 bits per heavy atom. The Hall–Kier alpha value is -2.07. The summed E-state index contributed by atoms with van der Waals surface area (Å²) in [6, 6.07) is 2.96. The summed E-state index contributed by atoms with van der Waals surface area (Å²) in [5.41, 5.74) is 0.0177. The number of anilines is 1. The molecule has 0 spiro atoms. The second-order valence-electron chi connectivity index (χ2n) is 6.62. The van der Waals surface area contributed by atoms with Crippen LogP contribution in [0.25, 0.3) is 0 Å². The molecular formula is C17H21ClFN5O. The summed E-state index contributed by atoms with van der Waals surface area (Å²) >= 11 is 5.89. The summed E-state index contributed by atoms with van der Waals surface area (Å²) in [5.74, 6) is -0.537. The molecule has 134 valence electrons. The van der Waals surface area contributed by atoms with E-state index in [2.05, 4.69) is 15.6 Å². The third-order valence-corrected chi connectivity index (χ3v) is 5.07. The topological polar surface area (TPSA) is 81.0 Å². The molecule has 2 amide bonds. The Morgan fingerprint density at radius 1 is 1.32 bits per heavy atom. The fourth-order valence-corrected chi connectivity index (χ4v) is 3.66.